The van der Waals surface area contributed by atoms with Crippen LogP contribution in [0.5, 0.6) is 0 Å². The van der Waals surface area contributed by atoms with Crippen LogP contribution in [0.4, 0.5) is 10.5 Å². The van der Waals surface area contributed by atoms with Crippen molar-refractivity contribution in [2.24, 2.45) is 11.3 Å². The van der Waals surface area contributed by atoms with Crippen molar-refractivity contribution in [2.75, 3.05) is 31.6 Å². The third-order valence-electron chi connectivity index (χ3n) is 6.58. The second-order valence-electron chi connectivity index (χ2n) is 9.65. The number of rotatable bonds is 6. The first-order valence-corrected chi connectivity index (χ1v) is 10.8. The average molecular weight is 415 g/mol. The van der Waals surface area contributed by atoms with E-state index in [4.69, 9.17) is 0 Å². The van der Waals surface area contributed by atoms with Gasteiger partial charge >= 0.3 is 6.03 Å². The van der Waals surface area contributed by atoms with Crippen molar-refractivity contribution in [2.45, 2.75) is 52.0 Å². The minimum atomic E-state index is -0.827. The van der Waals surface area contributed by atoms with Crippen LogP contribution in [-0.4, -0.2) is 55.0 Å². The Morgan fingerprint density at radius 2 is 1.83 bits per heavy atom. The molecule has 2 aliphatic rings. The Morgan fingerprint density at radius 3 is 2.43 bits per heavy atom. The zero-order chi connectivity index (χ0) is 21.9. The summed E-state index contributed by atoms with van der Waals surface area (Å²) in [4.78, 5) is 40.9. The summed E-state index contributed by atoms with van der Waals surface area (Å²) in [6, 6.07) is 9.44. The highest BCUT2D eigenvalue weighted by atomic mass is 16.2. The highest BCUT2D eigenvalue weighted by Crippen LogP contribution is 2.43. The minimum absolute atomic E-state index is 0.194. The fourth-order valence-electron chi connectivity index (χ4n) is 4.51. The van der Waals surface area contributed by atoms with Gasteiger partial charge in [0.1, 0.15) is 12.1 Å². The summed E-state index contributed by atoms with van der Waals surface area (Å²) in [5, 5.41) is 5.71. The molecule has 0 unspecified atom stereocenters. The van der Waals surface area contributed by atoms with Gasteiger partial charge in [0.2, 0.25) is 5.91 Å². The lowest BCUT2D eigenvalue weighted by molar-refractivity contribution is -0.136. The summed E-state index contributed by atoms with van der Waals surface area (Å²) >= 11 is 0. The number of amides is 4. The zero-order valence-electron chi connectivity index (χ0n) is 18.5. The first-order chi connectivity index (χ1) is 14.1. The number of hydrogen-bond acceptors (Lipinski definition) is 4. The molecule has 3 rings (SSSR count). The van der Waals surface area contributed by atoms with E-state index in [2.05, 4.69) is 31.4 Å². The Balaban J connectivity index is 1.49. The molecule has 0 radical (unpaired) electrons. The summed E-state index contributed by atoms with van der Waals surface area (Å²) < 4.78 is 0. The van der Waals surface area contributed by atoms with E-state index in [1.54, 1.807) is 0 Å². The SMILES string of the molecule is CN(CCNC(=O)CN1C(=O)NC2(CCC(C(C)(C)C)CC2)C1=O)c1ccccc1. The number of anilines is 1. The first kappa shape index (κ1) is 22.1. The van der Waals surface area contributed by atoms with Gasteiger partial charge in [-0.3, -0.25) is 14.5 Å². The van der Waals surface area contributed by atoms with Gasteiger partial charge in [-0.2, -0.15) is 0 Å². The van der Waals surface area contributed by atoms with E-state index in [9.17, 15) is 14.4 Å². The fourth-order valence-corrected chi connectivity index (χ4v) is 4.51. The molecule has 2 fully saturated rings. The van der Waals surface area contributed by atoms with E-state index in [0.717, 1.165) is 23.4 Å². The number of carbonyl (C=O) groups excluding carboxylic acids is 3. The van der Waals surface area contributed by atoms with Crippen LogP contribution < -0.4 is 15.5 Å². The molecule has 7 heteroatoms. The van der Waals surface area contributed by atoms with Crippen molar-refractivity contribution in [3.05, 3.63) is 30.3 Å². The summed E-state index contributed by atoms with van der Waals surface area (Å²) in [5.41, 5.74) is 0.431. The maximum absolute atomic E-state index is 13.0. The maximum Gasteiger partial charge on any atom is 0.325 e. The van der Waals surface area contributed by atoms with E-state index in [-0.39, 0.29) is 23.8 Å². The number of imide groups is 1. The number of carbonyl (C=O) groups is 3. The Bertz CT molecular complexity index is 779. The van der Waals surface area contributed by atoms with E-state index in [0.29, 0.717) is 31.8 Å². The number of para-hydroxylation sites is 1. The molecule has 1 saturated heterocycles. The molecule has 1 aromatic carbocycles. The maximum atomic E-state index is 13.0. The highest BCUT2D eigenvalue weighted by Gasteiger charge is 2.53. The van der Waals surface area contributed by atoms with Gasteiger partial charge in [-0.15, -0.1) is 0 Å². The summed E-state index contributed by atoms with van der Waals surface area (Å²) in [5.74, 6) is -0.0384. The normalized spacial score (nSPS) is 24.1. The van der Waals surface area contributed by atoms with Crippen LogP contribution in [0.25, 0.3) is 0 Å². The van der Waals surface area contributed by atoms with E-state index < -0.39 is 11.6 Å². The molecule has 1 saturated carbocycles. The molecule has 1 aliphatic heterocycles. The van der Waals surface area contributed by atoms with Gasteiger partial charge in [-0.25, -0.2) is 4.79 Å². The largest absolute Gasteiger partial charge is 0.373 e. The number of urea groups is 1. The Labute approximate surface area is 179 Å². The topological polar surface area (TPSA) is 81.8 Å². The Morgan fingerprint density at radius 1 is 1.20 bits per heavy atom. The van der Waals surface area contributed by atoms with Crippen molar-refractivity contribution in [1.29, 1.82) is 0 Å². The lowest BCUT2D eigenvalue weighted by atomic mass is 9.67. The molecular weight excluding hydrogens is 380 g/mol. The fraction of sp³-hybridized carbons (Fsp3) is 0.609. The number of benzene rings is 1. The number of hydrogen-bond donors (Lipinski definition) is 2. The second-order valence-corrected chi connectivity index (χ2v) is 9.65. The van der Waals surface area contributed by atoms with Gasteiger partial charge in [0.25, 0.3) is 5.91 Å². The van der Waals surface area contributed by atoms with Crippen molar-refractivity contribution < 1.29 is 14.4 Å². The van der Waals surface area contributed by atoms with Gasteiger partial charge in [0.15, 0.2) is 0 Å². The molecule has 2 N–H and O–H groups in total. The van der Waals surface area contributed by atoms with Gasteiger partial charge in [-0.05, 0) is 49.1 Å². The molecule has 1 heterocycles. The summed E-state index contributed by atoms with van der Waals surface area (Å²) in [6.45, 7) is 7.49. The summed E-state index contributed by atoms with van der Waals surface area (Å²) in [7, 11) is 1.95. The van der Waals surface area contributed by atoms with Crippen LogP contribution in [0.15, 0.2) is 30.3 Å². The standard InChI is InChI=1S/C23H34N4O3/c1-22(2,3)17-10-12-23(13-11-17)20(29)27(21(30)25-23)16-19(28)24-14-15-26(4)18-8-6-5-7-9-18/h5-9,17H,10-16H2,1-4H3,(H,24,28)(H,25,30). The Hall–Kier alpha value is -2.57. The van der Waals surface area contributed by atoms with Crippen molar-refractivity contribution in [1.82, 2.24) is 15.5 Å². The second kappa shape index (κ2) is 8.66. The van der Waals surface area contributed by atoms with Crippen LogP contribution in [-0.2, 0) is 9.59 Å². The van der Waals surface area contributed by atoms with Gasteiger partial charge in [-0.1, -0.05) is 39.0 Å². The van der Waals surface area contributed by atoms with E-state index >= 15 is 0 Å². The molecule has 0 aromatic heterocycles. The number of nitrogens with one attached hydrogen (secondary N) is 2. The molecule has 164 valence electrons. The number of likely N-dealkylation sites (N-methyl/N-ethyl adjacent to an activating group) is 1. The van der Waals surface area contributed by atoms with Crippen LogP contribution >= 0.6 is 0 Å². The molecule has 1 aromatic rings. The molecule has 30 heavy (non-hydrogen) atoms. The third kappa shape index (κ3) is 4.77. The third-order valence-corrected chi connectivity index (χ3v) is 6.58. The molecular formula is C23H34N4O3. The molecule has 4 amide bonds. The predicted octanol–water partition coefficient (Wildman–Crippen LogP) is 2.77. The van der Waals surface area contributed by atoms with Crippen molar-refractivity contribution in [3.8, 4) is 0 Å². The Kier molecular flexibility index (Phi) is 6.38. The lowest BCUT2D eigenvalue weighted by Crippen LogP contribution is -2.51. The van der Waals surface area contributed by atoms with E-state index in [1.807, 2.05) is 42.3 Å². The van der Waals surface area contributed by atoms with Crippen LogP contribution in [0.3, 0.4) is 0 Å². The molecule has 7 nitrogen and oxygen atoms in total. The van der Waals surface area contributed by atoms with Crippen LogP contribution in [0.2, 0.25) is 0 Å². The summed E-state index contributed by atoms with van der Waals surface area (Å²) in [6.07, 6.45) is 3.09. The molecule has 0 atom stereocenters. The minimum Gasteiger partial charge on any atom is -0.373 e. The zero-order valence-corrected chi connectivity index (χ0v) is 18.5. The molecule has 0 bridgehead atoms. The number of nitrogens with zero attached hydrogens (tertiary/aromatic N) is 2. The smallest absolute Gasteiger partial charge is 0.325 e. The quantitative estimate of drug-likeness (QED) is 0.702. The van der Waals surface area contributed by atoms with Crippen molar-refractivity contribution in [3.63, 3.8) is 0 Å². The van der Waals surface area contributed by atoms with Crippen molar-refractivity contribution >= 4 is 23.5 Å². The van der Waals surface area contributed by atoms with Gasteiger partial charge in [0.05, 0.1) is 0 Å². The monoisotopic (exact) mass is 414 g/mol. The first-order valence-electron chi connectivity index (χ1n) is 10.8. The highest BCUT2D eigenvalue weighted by molar-refractivity contribution is 6.09. The van der Waals surface area contributed by atoms with E-state index in [1.165, 1.54) is 0 Å². The van der Waals surface area contributed by atoms with Crippen LogP contribution in [0.1, 0.15) is 46.5 Å². The van der Waals surface area contributed by atoms with Crippen LogP contribution in [0, 0.1) is 11.3 Å². The molecule has 1 spiro atoms. The van der Waals surface area contributed by atoms with Gasteiger partial charge in [0, 0.05) is 25.8 Å². The van der Waals surface area contributed by atoms with Gasteiger partial charge < -0.3 is 15.5 Å². The average Bonchev–Trinajstić information content (AvgIpc) is 2.92. The molecule has 1 aliphatic carbocycles. The lowest BCUT2D eigenvalue weighted by Gasteiger charge is -2.40. The predicted molar refractivity (Wildman–Crippen MR) is 117 cm³/mol.